The second-order valence-electron chi connectivity index (χ2n) is 6.37. The standard InChI is InChI=1S/C17H26N2O2/c1-13-5-4-10-17(18,11-13)16(20)19(2)12-14-6-8-15(21-3)9-7-14/h6-9,13H,4-5,10-12,18H2,1-3H3. The van der Waals surface area contributed by atoms with Crippen LogP contribution in [0.2, 0.25) is 0 Å². The van der Waals surface area contributed by atoms with Gasteiger partial charge in [0.2, 0.25) is 5.91 Å². The molecule has 2 atom stereocenters. The van der Waals surface area contributed by atoms with E-state index in [2.05, 4.69) is 6.92 Å². The number of nitrogens with two attached hydrogens (primary N) is 1. The Morgan fingerprint density at radius 2 is 2.10 bits per heavy atom. The van der Waals surface area contributed by atoms with E-state index in [1.807, 2.05) is 31.3 Å². The molecule has 4 heteroatoms. The number of hydrogen-bond acceptors (Lipinski definition) is 3. The first kappa shape index (κ1) is 15.8. The van der Waals surface area contributed by atoms with Gasteiger partial charge in [0, 0.05) is 13.6 Å². The second kappa shape index (κ2) is 6.48. The summed E-state index contributed by atoms with van der Waals surface area (Å²) in [6.45, 7) is 2.76. The van der Waals surface area contributed by atoms with Gasteiger partial charge in [0.05, 0.1) is 12.6 Å². The predicted octanol–water partition coefficient (Wildman–Crippen LogP) is 2.56. The van der Waals surface area contributed by atoms with Gasteiger partial charge in [-0.2, -0.15) is 0 Å². The van der Waals surface area contributed by atoms with Crippen LogP contribution in [0, 0.1) is 5.92 Å². The molecule has 0 radical (unpaired) electrons. The Hall–Kier alpha value is -1.55. The van der Waals surface area contributed by atoms with Gasteiger partial charge in [0.25, 0.3) is 0 Å². The monoisotopic (exact) mass is 290 g/mol. The van der Waals surface area contributed by atoms with Crippen LogP contribution >= 0.6 is 0 Å². The van der Waals surface area contributed by atoms with Gasteiger partial charge < -0.3 is 15.4 Å². The van der Waals surface area contributed by atoms with E-state index in [4.69, 9.17) is 10.5 Å². The second-order valence-corrected chi connectivity index (χ2v) is 6.37. The highest BCUT2D eigenvalue weighted by Gasteiger charge is 2.39. The fraction of sp³-hybridized carbons (Fsp3) is 0.588. The highest BCUT2D eigenvalue weighted by atomic mass is 16.5. The van der Waals surface area contributed by atoms with E-state index in [0.717, 1.165) is 30.6 Å². The zero-order valence-corrected chi connectivity index (χ0v) is 13.3. The van der Waals surface area contributed by atoms with Gasteiger partial charge in [0.15, 0.2) is 0 Å². The number of amides is 1. The number of nitrogens with zero attached hydrogens (tertiary/aromatic N) is 1. The van der Waals surface area contributed by atoms with Crippen LogP contribution in [0.4, 0.5) is 0 Å². The Kier molecular flexibility index (Phi) is 4.88. The average molecular weight is 290 g/mol. The molecule has 0 spiro atoms. The molecule has 2 rings (SSSR count). The lowest BCUT2D eigenvalue weighted by Gasteiger charge is -2.38. The Balaban J connectivity index is 2.01. The first-order valence-corrected chi connectivity index (χ1v) is 7.62. The number of ether oxygens (including phenoxy) is 1. The van der Waals surface area contributed by atoms with Crippen LogP contribution in [0.1, 0.15) is 38.2 Å². The van der Waals surface area contributed by atoms with E-state index in [1.165, 1.54) is 6.42 Å². The van der Waals surface area contributed by atoms with Crippen LogP contribution in [0.15, 0.2) is 24.3 Å². The molecule has 1 aromatic rings. The molecule has 0 saturated heterocycles. The fourth-order valence-corrected chi connectivity index (χ4v) is 3.24. The van der Waals surface area contributed by atoms with Crippen LogP contribution in [0.5, 0.6) is 5.75 Å². The molecule has 0 bridgehead atoms. The molecule has 1 aliphatic rings. The van der Waals surface area contributed by atoms with E-state index in [9.17, 15) is 4.79 Å². The van der Waals surface area contributed by atoms with Gasteiger partial charge in [-0.05, 0) is 36.5 Å². The van der Waals surface area contributed by atoms with Gasteiger partial charge in [-0.1, -0.05) is 31.9 Å². The minimum atomic E-state index is -0.682. The largest absolute Gasteiger partial charge is 0.497 e. The number of rotatable bonds is 4. The molecule has 2 N–H and O–H groups in total. The van der Waals surface area contributed by atoms with Crippen molar-refractivity contribution in [2.75, 3.05) is 14.2 Å². The summed E-state index contributed by atoms with van der Waals surface area (Å²) in [4.78, 5) is 14.4. The van der Waals surface area contributed by atoms with E-state index in [0.29, 0.717) is 12.5 Å². The van der Waals surface area contributed by atoms with Crippen LogP contribution < -0.4 is 10.5 Å². The summed E-state index contributed by atoms with van der Waals surface area (Å²) >= 11 is 0. The van der Waals surface area contributed by atoms with Crippen molar-refractivity contribution in [2.24, 2.45) is 11.7 Å². The van der Waals surface area contributed by atoms with Gasteiger partial charge in [-0.25, -0.2) is 0 Å². The third-order valence-corrected chi connectivity index (χ3v) is 4.38. The Labute approximate surface area is 127 Å². The third-order valence-electron chi connectivity index (χ3n) is 4.38. The molecule has 0 heterocycles. The molecule has 21 heavy (non-hydrogen) atoms. The summed E-state index contributed by atoms with van der Waals surface area (Å²) in [6, 6.07) is 7.79. The highest BCUT2D eigenvalue weighted by molar-refractivity contribution is 5.86. The Bertz CT molecular complexity index is 486. The first-order chi connectivity index (χ1) is 9.94. The molecular formula is C17H26N2O2. The van der Waals surface area contributed by atoms with Gasteiger partial charge in [0.1, 0.15) is 5.75 Å². The summed E-state index contributed by atoms with van der Waals surface area (Å²) in [5, 5.41) is 0. The van der Waals surface area contributed by atoms with Gasteiger partial charge >= 0.3 is 0 Å². The maximum Gasteiger partial charge on any atom is 0.242 e. The van der Waals surface area contributed by atoms with Crippen LogP contribution in [-0.2, 0) is 11.3 Å². The lowest BCUT2D eigenvalue weighted by Crippen LogP contribution is -2.56. The molecule has 4 nitrogen and oxygen atoms in total. The first-order valence-electron chi connectivity index (χ1n) is 7.62. The Morgan fingerprint density at radius 3 is 2.67 bits per heavy atom. The summed E-state index contributed by atoms with van der Waals surface area (Å²) in [7, 11) is 3.48. The maximum absolute atomic E-state index is 12.7. The van der Waals surface area contributed by atoms with Crippen LogP contribution in [0.3, 0.4) is 0 Å². The molecule has 116 valence electrons. The minimum Gasteiger partial charge on any atom is -0.497 e. The molecule has 0 aliphatic heterocycles. The van der Waals surface area contributed by atoms with Crippen LogP contribution in [-0.4, -0.2) is 30.5 Å². The average Bonchev–Trinajstić information content (AvgIpc) is 2.47. The quantitative estimate of drug-likeness (QED) is 0.927. The fourth-order valence-electron chi connectivity index (χ4n) is 3.24. The topological polar surface area (TPSA) is 55.6 Å². The Morgan fingerprint density at radius 1 is 1.43 bits per heavy atom. The molecular weight excluding hydrogens is 264 g/mol. The van der Waals surface area contributed by atoms with Gasteiger partial charge in [-0.3, -0.25) is 4.79 Å². The molecule has 1 aliphatic carbocycles. The lowest BCUT2D eigenvalue weighted by atomic mass is 9.76. The normalized spacial score (nSPS) is 25.4. The number of hydrogen-bond donors (Lipinski definition) is 1. The van der Waals surface area contributed by atoms with E-state index < -0.39 is 5.54 Å². The molecule has 2 unspecified atom stereocenters. The van der Waals surface area contributed by atoms with Gasteiger partial charge in [-0.15, -0.1) is 0 Å². The number of carbonyl (C=O) groups excluding carboxylic acids is 1. The third kappa shape index (κ3) is 3.76. The summed E-state index contributed by atoms with van der Waals surface area (Å²) < 4.78 is 5.14. The zero-order valence-electron chi connectivity index (χ0n) is 13.3. The van der Waals surface area contributed by atoms with Crippen molar-refractivity contribution in [3.63, 3.8) is 0 Å². The SMILES string of the molecule is COc1ccc(CN(C)C(=O)C2(N)CCCC(C)C2)cc1. The van der Waals surface area contributed by atoms with E-state index in [-0.39, 0.29) is 5.91 Å². The van der Waals surface area contributed by atoms with Crippen molar-refractivity contribution in [3.05, 3.63) is 29.8 Å². The van der Waals surface area contributed by atoms with Crippen molar-refractivity contribution >= 4 is 5.91 Å². The van der Waals surface area contributed by atoms with Crippen molar-refractivity contribution in [1.82, 2.24) is 4.90 Å². The maximum atomic E-state index is 12.7. The number of benzene rings is 1. The van der Waals surface area contributed by atoms with Crippen LogP contribution in [0.25, 0.3) is 0 Å². The molecule has 1 amide bonds. The molecule has 1 fully saturated rings. The van der Waals surface area contributed by atoms with E-state index >= 15 is 0 Å². The van der Waals surface area contributed by atoms with Crippen molar-refractivity contribution in [2.45, 2.75) is 44.7 Å². The number of methoxy groups -OCH3 is 1. The number of likely N-dealkylation sites (N-methyl/N-ethyl adjacent to an activating group) is 1. The number of carbonyl (C=O) groups is 1. The molecule has 1 saturated carbocycles. The summed E-state index contributed by atoms with van der Waals surface area (Å²) in [5.74, 6) is 1.41. The van der Waals surface area contributed by atoms with Crippen molar-refractivity contribution < 1.29 is 9.53 Å². The summed E-state index contributed by atoms with van der Waals surface area (Å²) in [6.07, 6.45) is 3.80. The van der Waals surface area contributed by atoms with Crippen molar-refractivity contribution in [1.29, 1.82) is 0 Å². The molecule has 1 aromatic carbocycles. The highest BCUT2D eigenvalue weighted by Crippen LogP contribution is 2.31. The lowest BCUT2D eigenvalue weighted by molar-refractivity contribution is -0.138. The smallest absolute Gasteiger partial charge is 0.242 e. The zero-order chi connectivity index (χ0) is 15.5. The van der Waals surface area contributed by atoms with E-state index in [1.54, 1.807) is 12.0 Å². The summed E-state index contributed by atoms with van der Waals surface area (Å²) in [5.41, 5.74) is 6.78. The predicted molar refractivity (Wildman–Crippen MR) is 84.0 cm³/mol. The minimum absolute atomic E-state index is 0.0601. The molecule has 0 aromatic heterocycles. The van der Waals surface area contributed by atoms with Crippen molar-refractivity contribution in [3.8, 4) is 5.75 Å².